The minimum atomic E-state index is -4.81. The molecular formula is C14H15F3O. The van der Waals surface area contributed by atoms with E-state index in [0.29, 0.717) is 6.42 Å². The standard InChI is InChI=1S/C14H15F3O/c1-2-3-4-8-11-13(18,14(15,16)17)12-9-6-5-7-10-12/h5-7,9-10,18H,2-4H2,1H3/t13-/m1/s1. The number of rotatable bonds is 3. The highest BCUT2D eigenvalue weighted by molar-refractivity contribution is 5.33. The maximum absolute atomic E-state index is 12.9. The minimum absolute atomic E-state index is 0.249. The van der Waals surface area contributed by atoms with E-state index in [1.165, 1.54) is 24.3 Å². The quantitative estimate of drug-likeness (QED) is 0.646. The largest absolute Gasteiger partial charge is 0.433 e. The summed E-state index contributed by atoms with van der Waals surface area (Å²) in [6.45, 7) is 1.93. The molecule has 18 heavy (non-hydrogen) atoms. The summed E-state index contributed by atoms with van der Waals surface area (Å²) in [7, 11) is 0. The molecule has 1 nitrogen and oxygen atoms in total. The Balaban J connectivity index is 3.07. The van der Waals surface area contributed by atoms with Crippen LogP contribution in [-0.2, 0) is 5.60 Å². The Labute approximate surface area is 105 Å². The third kappa shape index (κ3) is 3.27. The van der Waals surface area contributed by atoms with Gasteiger partial charge in [-0.2, -0.15) is 13.2 Å². The normalized spacial score (nSPS) is 14.5. The Morgan fingerprint density at radius 2 is 1.78 bits per heavy atom. The highest BCUT2D eigenvalue weighted by Gasteiger charge is 2.54. The first-order chi connectivity index (χ1) is 8.42. The van der Waals surface area contributed by atoms with E-state index in [1.807, 2.05) is 12.8 Å². The van der Waals surface area contributed by atoms with Crippen molar-refractivity contribution in [2.24, 2.45) is 0 Å². The van der Waals surface area contributed by atoms with Gasteiger partial charge in [0.15, 0.2) is 0 Å². The van der Waals surface area contributed by atoms with Gasteiger partial charge in [-0.05, 0) is 6.42 Å². The van der Waals surface area contributed by atoms with Gasteiger partial charge in [-0.25, -0.2) is 0 Å². The summed E-state index contributed by atoms with van der Waals surface area (Å²) in [5.74, 6) is 4.38. The van der Waals surface area contributed by atoms with Gasteiger partial charge in [0.25, 0.3) is 0 Å². The van der Waals surface area contributed by atoms with E-state index >= 15 is 0 Å². The Morgan fingerprint density at radius 1 is 1.17 bits per heavy atom. The number of hydrogen-bond donors (Lipinski definition) is 1. The molecule has 0 saturated carbocycles. The first-order valence-corrected chi connectivity index (χ1v) is 5.76. The van der Waals surface area contributed by atoms with Gasteiger partial charge in [-0.3, -0.25) is 0 Å². The monoisotopic (exact) mass is 256 g/mol. The molecule has 1 rings (SSSR count). The van der Waals surface area contributed by atoms with Gasteiger partial charge < -0.3 is 5.11 Å². The van der Waals surface area contributed by atoms with Gasteiger partial charge in [-0.15, -0.1) is 0 Å². The molecule has 0 unspecified atom stereocenters. The summed E-state index contributed by atoms with van der Waals surface area (Å²) in [6.07, 6.45) is -2.89. The van der Waals surface area contributed by atoms with Gasteiger partial charge in [-0.1, -0.05) is 55.5 Å². The summed E-state index contributed by atoms with van der Waals surface area (Å²) >= 11 is 0. The molecule has 0 spiro atoms. The van der Waals surface area contributed by atoms with E-state index < -0.39 is 11.8 Å². The fourth-order valence-corrected chi connectivity index (χ4v) is 1.44. The smallest absolute Gasteiger partial charge is 0.366 e. The molecule has 0 aliphatic carbocycles. The zero-order valence-electron chi connectivity index (χ0n) is 10.1. The first kappa shape index (κ1) is 14.6. The topological polar surface area (TPSA) is 20.2 Å². The predicted octanol–water partition coefficient (Wildman–Crippen LogP) is 3.63. The fraction of sp³-hybridized carbons (Fsp3) is 0.429. The predicted molar refractivity (Wildman–Crippen MR) is 63.7 cm³/mol. The lowest BCUT2D eigenvalue weighted by molar-refractivity contribution is -0.240. The molecule has 4 heteroatoms. The van der Waals surface area contributed by atoms with E-state index in [4.69, 9.17) is 0 Å². The van der Waals surface area contributed by atoms with Gasteiger partial charge in [0.05, 0.1) is 0 Å². The molecule has 1 aromatic carbocycles. The fourth-order valence-electron chi connectivity index (χ4n) is 1.44. The van der Waals surface area contributed by atoms with Crippen molar-refractivity contribution >= 4 is 0 Å². The lowest BCUT2D eigenvalue weighted by atomic mass is 9.93. The van der Waals surface area contributed by atoms with Crippen LogP contribution in [0.2, 0.25) is 0 Å². The van der Waals surface area contributed by atoms with E-state index in [1.54, 1.807) is 6.07 Å². The van der Waals surface area contributed by atoms with E-state index in [9.17, 15) is 18.3 Å². The van der Waals surface area contributed by atoms with E-state index in [-0.39, 0.29) is 5.56 Å². The zero-order valence-corrected chi connectivity index (χ0v) is 10.1. The molecule has 1 N–H and O–H groups in total. The molecular weight excluding hydrogens is 241 g/mol. The molecule has 0 fully saturated rings. The summed E-state index contributed by atoms with van der Waals surface area (Å²) in [5.41, 5.74) is -3.33. The Morgan fingerprint density at radius 3 is 2.28 bits per heavy atom. The second-order valence-corrected chi connectivity index (χ2v) is 3.98. The molecule has 0 radical (unpaired) electrons. The second kappa shape index (κ2) is 5.92. The average Bonchev–Trinajstić information content (AvgIpc) is 2.34. The van der Waals surface area contributed by atoms with Gasteiger partial charge in [0.2, 0.25) is 5.60 Å². The molecule has 1 atom stereocenters. The van der Waals surface area contributed by atoms with Crippen LogP contribution in [0.1, 0.15) is 31.7 Å². The zero-order chi connectivity index (χ0) is 13.6. The van der Waals surface area contributed by atoms with Crippen molar-refractivity contribution < 1.29 is 18.3 Å². The van der Waals surface area contributed by atoms with Crippen LogP contribution in [-0.4, -0.2) is 11.3 Å². The Bertz CT molecular complexity index is 428. The van der Waals surface area contributed by atoms with Crippen LogP contribution in [0.3, 0.4) is 0 Å². The SMILES string of the molecule is CCCCC#C[C@@](O)(c1ccccc1)C(F)(F)F. The maximum Gasteiger partial charge on any atom is 0.433 e. The lowest BCUT2D eigenvalue weighted by Crippen LogP contribution is -2.41. The van der Waals surface area contributed by atoms with E-state index in [2.05, 4.69) is 5.92 Å². The van der Waals surface area contributed by atoms with Crippen molar-refractivity contribution in [1.29, 1.82) is 0 Å². The molecule has 0 bridgehead atoms. The van der Waals surface area contributed by atoms with Crippen molar-refractivity contribution in [3.05, 3.63) is 35.9 Å². The summed E-state index contributed by atoms with van der Waals surface area (Å²) in [5, 5.41) is 9.82. The van der Waals surface area contributed by atoms with Gasteiger partial charge >= 0.3 is 6.18 Å². The number of benzene rings is 1. The minimum Gasteiger partial charge on any atom is -0.366 e. The highest BCUT2D eigenvalue weighted by Crippen LogP contribution is 2.38. The third-order valence-corrected chi connectivity index (χ3v) is 2.53. The van der Waals surface area contributed by atoms with Crippen molar-refractivity contribution in [3.63, 3.8) is 0 Å². The third-order valence-electron chi connectivity index (χ3n) is 2.53. The lowest BCUT2D eigenvalue weighted by Gasteiger charge is -2.25. The molecule has 0 aliphatic rings. The Kier molecular flexibility index (Phi) is 4.80. The number of hydrogen-bond acceptors (Lipinski definition) is 1. The van der Waals surface area contributed by atoms with Crippen LogP contribution in [0.15, 0.2) is 30.3 Å². The summed E-state index contributed by atoms with van der Waals surface area (Å²) < 4.78 is 38.8. The number of alkyl halides is 3. The maximum atomic E-state index is 12.9. The average molecular weight is 256 g/mol. The van der Waals surface area contributed by atoms with Gasteiger partial charge in [0.1, 0.15) is 0 Å². The molecule has 0 aromatic heterocycles. The van der Waals surface area contributed by atoms with Crippen LogP contribution in [0, 0.1) is 11.8 Å². The first-order valence-electron chi connectivity index (χ1n) is 5.76. The van der Waals surface area contributed by atoms with Gasteiger partial charge in [0, 0.05) is 12.0 Å². The highest BCUT2D eigenvalue weighted by atomic mass is 19.4. The van der Waals surface area contributed by atoms with Crippen molar-refractivity contribution in [2.45, 2.75) is 38.0 Å². The Hall–Kier alpha value is -1.47. The molecule has 1 aromatic rings. The molecule has 0 saturated heterocycles. The molecule has 0 heterocycles. The second-order valence-electron chi connectivity index (χ2n) is 3.98. The van der Waals surface area contributed by atoms with Crippen LogP contribution >= 0.6 is 0 Å². The van der Waals surface area contributed by atoms with Crippen molar-refractivity contribution in [3.8, 4) is 11.8 Å². The number of unbranched alkanes of at least 4 members (excludes halogenated alkanes) is 2. The van der Waals surface area contributed by atoms with Crippen molar-refractivity contribution in [2.75, 3.05) is 0 Å². The summed E-state index contributed by atoms with van der Waals surface area (Å²) in [6, 6.07) is 6.92. The molecule has 98 valence electrons. The van der Waals surface area contributed by atoms with Crippen LogP contribution in [0.25, 0.3) is 0 Å². The van der Waals surface area contributed by atoms with Crippen molar-refractivity contribution in [1.82, 2.24) is 0 Å². The number of halogens is 3. The molecule has 0 amide bonds. The van der Waals surface area contributed by atoms with E-state index in [0.717, 1.165) is 12.8 Å². The molecule has 0 aliphatic heterocycles. The summed E-state index contributed by atoms with van der Waals surface area (Å²) in [4.78, 5) is 0. The van der Waals surface area contributed by atoms with Crippen LogP contribution < -0.4 is 0 Å². The van der Waals surface area contributed by atoms with Crippen LogP contribution in [0.5, 0.6) is 0 Å². The number of aliphatic hydroxyl groups is 1. The van der Waals surface area contributed by atoms with Crippen LogP contribution in [0.4, 0.5) is 13.2 Å².